The second-order valence-corrected chi connectivity index (χ2v) is 19.4. The van der Waals surface area contributed by atoms with Gasteiger partial charge in [0, 0.05) is 6.42 Å². The highest BCUT2D eigenvalue weighted by Crippen LogP contribution is 2.23. The summed E-state index contributed by atoms with van der Waals surface area (Å²) >= 11 is 0. The van der Waals surface area contributed by atoms with E-state index in [2.05, 4.69) is 19.2 Å². The summed E-state index contributed by atoms with van der Waals surface area (Å²) in [5.74, 6) is -0.138. The van der Waals surface area contributed by atoms with Gasteiger partial charge in [0.15, 0.2) is 6.29 Å². The van der Waals surface area contributed by atoms with E-state index in [1.807, 2.05) is 0 Å². The molecule has 1 aliphatic rings. The smallest absolute Gasteiger partial charge is 0.220 e. The Morgan fingerprint density at radius 1 is 0.484 bits per heavy atom. The normalized spacial score (nSPS) is 20.1. The summed E-state index contributed by atoms with van der Waals surface area (Å²) in [5.41, 5.74) is 0. The number of amides is 1. The molecule has 0 aliphatic carbocycles. The van der Waals surface area contributed by atoms with Gasteiger partial charge in [-0.15, -0.1) is 0 Å². The quantitative estimate of drug-likeness (QED) is 0.0331. The third kappa shape index (κ3) is 33.6. The van der Waals surface area contributed by atoms with Crippen LogP contribution in [0, 0.1) is 0 Å². The standard InChI is InChI=1S/C53H105NO8/c1-3-5-7-9-11-13-15-17-18-19-20-21-22-23-24-25-26-27-28-29-30-31-33-35-37-39-41-43-49(57)54-46(45-61-53-52(60)51(59)50(58)48(44-55)62-53)47(56)42-40-38-36-34-32-16-14-12-10-8-6-4-2/h46-48,50-53,55-56,58-60H,3-45H2,1-2H3,(H,54,57)/t46-,47+,48+,50-,51?,52?,53+/m0/s1. The number of rotatable bonds is 47. The average Bonchev–Trinajstić information content (AvgIpc) is 3.27. The van der Waals surface area contributed by atoms with Crippen molar-refractivity contribution in [1.82, 2.24) is 5.32 Å². The zero-order chi connectivity index (χ0) is 45.1. The van der Waals surface area contributed by atoms with Gasteiger partial charge < -0.3 is 40.3 Å². The molecule has 1 aliphatic heterocycles. The molecule has 1 heterocycles. The Hall–Kier alpha value is -0.810. The fourth-order valence-corrected chi connectivity index (χ4v) is 9.11. The molecule has 7 atom stereocenters. The molecule has 1 rings (SSSR count). The summed E-state index contributed by atoms with van der Waals surface area (Å²) in [6.45, 7) is 3.86. The van der Waals surface area contributed by atoms with Crippen LogP contribution in [-0.4, -0.2) is 87.5 Å². The second-order valence-electron chi connectivity index (χ2n) is 19.4. The van der Waals surface area contributed by atoms with Crippen LogP contribution in [0.1, 0.15) is 277 Å². The topological polar surface area (TPSA) is 149 Å². The number of carbonyl (C=O) groups excluding carboxylic acids is 1. The van der Waals surface area contributed by atoms with Crippen LogP contribution in [0.5, 0.6) is 0 Å². The zero-order valence-corrected chi connectivity index (χ0v) is 40.9. The van der Waals surface area contributed by atoms with E-state index in [-0.39, 0.29) is 12.5 Å². The average molecular weight is 884 g/mol. The minimum atomic E-state index is -1.55. The lowest BCUT2D eigenvalue weighted by molar-refractivity contribution is -0.302. The molecule has 2 unspecified atom stereocenters. The molecule has 0 aromatic carbocycles. The van der Waals surface area contributed by atoms with Gasteiger partial charge in [-0.1, -0.05) is 258 Å². The van der Waals surface area contributed by atoms with Gasteiger partial charge in [0.25, 0.3) is 0 Å². The fraction of sp³-hybridized carbons (Fsp3) is 0.981. The predicted octanol–water partition coefficient (Wildman–Crippen LogP) is 12.7. The van der Waals surface area contributed by atoms with Crippen molar-refractivity contribution >= 4 is 5.91 Å². The van der Waals surface area contributed by atoms with Crippen molar-refractivity contribution in [3.05, 3.63) is 0 Å². The summed E-state index contributed by atoms with van der Waals surface area (Å²) in [6, 6.07) is -0.712. The number of hydrogen-bond donors (Lipinski definition) is 6. The molecule has 62 heavy (non-hydrogen) atoms. The lowest BCUT2D eigenvalue weighted by atomic mass is 9.99. The molecular weight excluding hydrogens is 779 g/mol. The van der Waals surface area contributed by atoms with Crippen LogP contribution in [0.2, 0.25) is 0 Å². The molecule has 0 saturated carbocycles. The van der Waals surface area contributed by atoms with Crippen molar-refractivity contribution < 1.29 is 39.8 Å². The van der Waals surface area contributed by atoms with E-state index in [1.54, 1.807) is 0 Å². The summed E-state index contributed by atoms with van der Waals surface area (Å²) in [7, 11) is 0. The molecule has 370 valence electrons. The van der Waals surface area contributed by atoms with Crippen molar-refractivity contribution in [1.29, 1.82) is 0 Å². The van der Waals surface area contributed by atoms with E-state index in [1.165, 1.54) is 212 Å². The first-order valence-corrected chi connectivity index (χ1v) is 27.2. The minimum Gasteiger partial charge on any atom is -0.394 e. The maximum absolute atomic E-state index is 13.0. The van der Waals surface area contributed by atoms with Crippen LogP contribution in [-0.2, 0) is 14.3 Å². The van der Waals surface area contributed by atoms with Gasteiger partial charge in [0.05, 0.1) is 25.4 Å². The summed E-state index contributed by atoms with van der Waals surface area (Å²) in [6.07, 6.45) is 44.2. The molecule has 1 amide bonds. The Labute approximate surface area is 383 Å². The number of hydrogen-bond acceptors (Lipinski definition) is 8. The number of aliphatic hydroxyl groups excluding tert-OH is 5. The van der Waals surface area contributed by atoms with Gasteiger partial charge in [-0.25, -0.2) is 0 Å². The van der Waals surface area contributed by atoms with Gasteiger partial charge in [-0.3, -0.25) is 4.79 Å². The van der Waals surface area contributed by atoms with E-state index in [4.69, 9.17) is 9.47 Å². The Kier molecular flexibility index (Phi) is 42.1. The maximum Gasteiger partial charge on any atom is 0.220 e. The lowest BCUT2D eigenvalue weighted by Crippen LogP contribution is -2.60. The summed E-state index contributed by atoms with van der Waals surface area (Å²) in [5, 5.41) is 54.5. The Balaban J connectivity index is 2.14. The zero-order valence-electron chi connectivity index (χ0n) is 40.9. The highest BCUT2D eigenvalue weighted by atomic mass is 16.7. The first-order chi connectivity index (χ1) is 30.3. The molecule has 0 radical (unpaired) electrons. The van der Waals surface area contributed by atoms with Crippen LogP contribution in [0.25, 0.3) is 0 Å². The number of carbonyl (C=O) groups is 1. The Morgan fingerprint density at radius 2 is 0.806 bits per heavy atom. The first kappa shape index (κ1) is 59.2. The van der Waals surface area contributed by atoms with Crippen molar-refractivity contribution in [2.45, 2.75) is 320 Å². The molecule has 1 saturated heterocycles. The number of nitrogens with one attached hydrogen (secondary N) is 1. The van der Waals surface area contributed by atoms with Gasteiger partial charge in [-0.2, -0.15) is 0 Å². The van der Waals surface area contributed by atoms with Crippen molar-refractivity contribution in [2.75, 3.05) is 13.2 Å². The molecule has 6 N–H and O–H groups in total. The van der Waals surface area contributed by atoms with Crippen molar-refractivity contribution in [2.24, 2.45) is 0 Å². The van der Waals surface area contributed by atoms with Crippen LogP contribution in [0.4, 0.5) is 0 Å². The van der Waals surface area contributed by atoms with Crippen molar-refractivity contribution in [3.8, 4) is 0 Å². The highest BCUT2D eigenvalue weighted by Gasteiger charge is 2.44. The highest BCUT2D eigenvalue weighted by molar-refractivity contribution is 5.76. The third-order valence-corrected chi connectivity index (χ3v) is 13.5. The molecule has 0 bridgehead atoms. The number of ether oxygens (including phenoxy) is 2. The number of unbranched alkanes of at least 4 members (excludes halogenated alkanes) is 37. The van der Waals surface area contributed by atoms with E-state index in [0.29, 0.717) is 12.8 Å². The molecule has 1 fully saturated rings. The first-order valence-electron chi connectivity index (χ1n) is 27.2. The van der Waals surface area contributed by atoms with Crippen LogP contribution >= 0.6 is 0 Å². The van der Waals surface area contributed by atoms with Gasteiger partial charge in [-0.05, 0) is 12.8 Å². The monoisotopic (exact) mass is 884 g/mol. The van der Waals surface area contributed by atoms with E-state index >= 15 is 0 Å². The molecule has 0 aromatic rings. The third-order valence-electron chi connectivity index (χ3n) is 13.5. The molecule has 0 aromatic heterocycles. The molecule has 9 heteroatoms. The second kappa shape index (κ2) is 44.0. The maximum atomic E-state index is 13.0. The molecule has 9 nitrogen and oxygen atoms in total. The largest absolute Gasteiger partial charge is 0.394 e. The van der Waals surface area contributed by atoms with Gasteiger partial charge in [0.2, 0.25) is 5.91 Å². The van der Waals surface area contributed by atoms with Gasteiger partial charge in [0.1, 0.15) is 24.4 Å². The van der Waals surface area contributed by atoms with Crippen LogP contribution in [0.15, 0.2) is 0 Å². The van der Waals surface area contributed by atoms with Crippen LogP contribution < -0.4 is 5.32 Å². The lowest BCUT2D eigenvalue weighted by Gasteiger charge is -2.40. The Bertz CT molecular complexity index is 939. The summed E-state index contributed by atoms with van der Waals surface area (Å²) < 4.78 is 11.3. The molecular formula is C53H105NO8. The minimum absolute atomic E-state index is 0.132. The van der Waals surface area contributed by atoms with Crippen molar-refractivity contribution in [3.63, 3.8) is 0 Å². The predicted molar refractivity (Wildman–Crippen MR) is 258 cm³/mol. The van der Waals surface area contributed by atoms with E-state index in [9.17, 15) is 30.3 Å². The van der Waals surface area contributed by atoms with Gasteiger partial charge >= 0.3 is 0 Å². The van der Waals surface area contributed by atoms with E-state index < -0.39 is 49.5 Å². The summed E-state index contributed by atoms with van der Waals surface area (Å²) in [4.78, 5) is 13.0. The Morgan fingerprint density at radius 3 is 1.15 bits per heavy atom. The van der Waals surface area contributed by atoms with Crippen LogP contribution in [0.3, 0.4) is 0 Å². The van der Waals surface area contributed by atoms with E-state index in [0.717, 1.165) is 38.5 Å². The molecule has 0 spiro atoms. The number of aliphatic hydroxyl groups is 5. The fourth-order valence-electron chi connectivity index (χ4n) is 9.11. The SMILES string of the molecule is CCCCCCCCCCCCCCCCCCCCCCCCCCCCCC(=O)N[C@@H](CO[C@@H]1O[C@H](CO)[C@H](O)C(O)C1O)[C@H](O)CCCCCCCCCCCCCC.